The average molecular weight is 359 g/mol. The molecule has 9 heteroatoms. The molecule has 3 rings (SSSR count). The summed E-state index contributed by atoms with van der Waals surface area (Å²) >= 11 is 0. The SMILES string of the molecule is O=C(NCc1cccc2c1OCO2)NC[C@@H]1CCN(CC(F)(F)F)C1. The normalized spacial score (nSPS) is 19.9. The van der Waals surface area contributed by atoms with Gasteiger partial charge in [-0.3, -0.25) is 4.90 Å². The Hall–Kier alpha value is -2.16. The third-order valence-corrected chi connectivity index (χ3v) is 4.24. The molecule has 0 saturated carbocycles. The average Bonchev–Trinajstić information content (AvgIpc) is 3.18. The highest BCUT2D eigenvalue weighted by molar-refractivity contribution is 5.74. The van der Waals surface area contributed by atoms with Crippen LogP contribution in [0.25, 0.3) is 0 Å². The lowest BCUT2D eigenvalue weighted by Gasteiger charge is -2.18. The van der Waals surface area contributed by atoms with E-state index in [9.17, 15) is 18.0 Å². The largest absolute Gasteiger partial charge is 0.454 e. The molecule has 138 valence electrons. The van der Waals surface area contributed by atoms with Crippen molar-refractivity contribution in [3.8, 4) is 11.5 Å². The summed E-state index contributed by atoms with van der Waals surface area (Å²) < 4.78 is 47.7. The highest BCUT2D eigenvalue weighted by Gasteiger charge is 2.34. The van der Waals surface area contributed by atoms with Gasteiger partial charge in [0.25, 0.3) is 0 Å². The number of carbonyl (C=O) groups excluding carboxylic acids is 1. The van der Waals surface area contributed by atoms with Crippen molar-refractivity contribution in [1.82, 2.24) is 15.5 Å². The van der Waals surface area contributed by atoms with E-state index >= 15 is 0 Å². The molecule has 0 aliphatic carbocycles. The zero-order valence-electron chi connectivity index (χ0n) is 13.6. The quantitative estimate of drug-likeness (QED) is 0.845. The summed E-state index contributed by atoms with van der Waals surface area (Å²) in [6.07, 6.45) is -3.53. The number of hydrogen-bond donors (Lipinski definition) is 2. The van der Waals surface area contributed by atoms with Crippen LogP contribution in [0.1, 0.15) is 12.0 Å². The minimum absolute atomic E-state index is 0.0332. The van der Waals surface area contributed by atoms with Crippen molar-refractivity contribution in [2.75, 3.05) is 33.0 Å². The van der Waals surface area contributed by atoms with Crippen LogP contribution in [0.2, 0.25) is 0 Å². The predicted octanol–water partition coefficient (Wildman–Crippen LogP) is 2.10. The minimum Gasteiger partial charge on any atom is -0.454 e. The lowest BCUT2D eigenvalue weighted by atomic mass is 10.1. The van der Waals surface area contributed by atoms with Crippen LogP contribution in [0.5, 0.6) is 11.5 Å². The topological polar surface area (TPSA) is 62.8 Å². The summed E-state index contributed by atoms with van der Waals surface area (Å²) in [5.74, 6) is 1.31. The summed E-state index contributed by atoms with van der Waals surface area (Å²) in [7, 11) is 0. The number of urea groups is 1. The molecule has 2 N–H and O–H groups in total. The maximum absolute atomic E-state index is 12.4. The van der Waals surface area contributed by atoms with Crippen LogP contribution in [-0.2, 0) is 6.54 Å². The first-order valence-corrected chi connectivity index (χ1v) is 8.09. The third kappa shape index (κ3) is 4.91. The second-order valence-corrected chi connectivity index (χ2v) is 6.22. The number of hydrogen-bond acceptors (Lipinski definition) is 4. The zero-order valence-corrected chi connectivity index (χ0v) is 13.6. The molecule has 1 saturated heterocycles. The first-order chi connectivity index (χ1) is 11.9. The Labute approximate surface area is 143 Å². The molecule has 2 aliphatic heterocycles. The Balaban J connectivity index is 1.39. The van der Waals surface area contributed by atoms with Gasteiger partial charge in [0.05, 0.1) is 6.54 Å². The summed E-state index contributed by atoms with van der Waals surface area (Å²) in [5, 5.41) is 5.44. The monoisotopic (exact) mass is 359 g/mol. The van der Waals surface area contributed by atoms with Crippen LogP contribution in [0.3, 0.4) is 0 Å². The van der Waals surface area contributed by atoms with Crippen molar-refractivity contribution in [3.05, 3.63) is 23.8 Å². The molecule has 1 atom stereocenters. The first kappa shape index (κ1) is 17.7. The zero-order chi connectivity index (χ0) is 17.9. The maximum atomic E-state index is 12.4. The summed E-state index contributed by atoms with van der Waals surface area (Å²) in [4.78, 5) is 13.3. The second kappa shape index (κ2) is 7.38. The van der Waals surface area contributed by atoms with Gasteiger partial charge in [-0.1, -0.05) is 12.1 Å². The number of nitrogens with one attached hydrogen (secondary N) is 2. The van der Waals surface area contributed by atoms with Gasteiger partial charge in [-0.15, -0.1) is 0 Å². The fourth-order valence-corrected chi connectivity index (χ4v) is 3.08. The van der Waals surface area contributed by atoms with Crippen molar-refractivity contribution < 1.29 is 27.4 Å². The summed E-state index contributed by atoms with van der Waals surface area (Å²) in [5.41, 5.74) is 0.808. The van der Waals surface area contributed by atoms with E-state index in [1.54, 1.807) is 6.07 Å². The van der Waals surface area contributed by atoms with Gasteiger partial charge >= 0.3 is 12.2 Å². The number of alkyl halides is 3. The highest BCUT2D eigenvalue weighted by Crippen LogP contribution is 2.35. The molecule has 1 aromatic carbocycles. The standard InChI is InChI=1S/C16H20F3N3O3/c17-16(18,19)9-22-5-4-11(8-22)6-20-15(23)21-7-12-2-1-3-13-14(12)25-10-24-13/h1-3,11H,4-10H2,(H2,20,21,23)/t11-/m0/s1. The van der Waals surface area contributed by atoms with Gasteiger partial charge in [0, 0.05) is 25.2 Å². The Morgan fingerprint density at radius 1 is 1.28 bits per heavy atom. The van der Waals surface area contributed by atoms with E-state index in [1.165, 1.54) is 4.90 Å². The van der Waals surface area contributed by atoms with Gasteiger partial charge in [0.2, 0.25) is 6.79 Å². The molecule has 2 heterocycles. The molecule has 0 bridgehead atoms. The number of rotatable bonds is 5. The van der Waals surface area contributed by atoms with Crippen molar-refractivity contribution in [1.29, 1.82) is 0 Å². The van der Waals surface area contributed by atoms with E-state index in [-0.39, 0.29) is 25.3 Å². The number of amides is 2. The van der Waals surface area contributed by atoms with E-state index in [1.807, 2.05) is 12.1 Å². The lowest BCUT2D eigenvalue weighted by molar-refractivity contribution is -0.143. The molecule has 0 spiro atoms. The number of likely N-dealkylation sites (tertiary alicyclic amines) is 1. The number of nitrogens with zero attached hydrogens (tertiary/aromatic N) is 1. The van der Waals surface area contributed by atoms with E-state index in [0.717, 1.165) is 5.56 Å². The lowest BCUT2D eigenvalue weighted by Crippen LogP contribution is -2.39. The van der Waals surface area contributed by atoms with E-state index < -0.39 is 12.7 Å². The molecule has 1 aromatic rings. The molecule has 2 aliphatic rings. The number of para-hydroxylation sites is 1. The van der Waals surface area contributed by atoms with Gasteiger partial charge in [-0.2, -0.15) is 13.2 Å². The van der Waals surface area contributed by atoms with Crippen LogP contribution in [0, 0.1) is 5.92 Å². The second-order valence-electron chi connectivity index (χ2n) is 6.22. The number of benzene rings is 1. The summed E-state index contributed by atoms with van der Waals surface area (Å²) in [6, 6.07) is 5.08. The molecule has 2 amide bonds. The van der Waals surface area contributed by atoms with Crippen molar-refractivity contribution in [2.45, 2.75) is 19.1 Å². The van der Waals surface area contributed by atoms with Crippen LogP contribution in [0.15, 0.2) is 18.2 Å². The first-order valence-electron chi connectivity index (χ1n) is 8.09. The fraction of sp³-hybridized carbons (Fsp3) is 0.562. The Morgan fingerprint density at radius 2 is 2.12 bits per heavy atom. The third-order valence-electron chi connectivity index (χ3n) is 4.24. The number of fused-ring (bicyclic) bond motifs is 1. The van der Waals surface area contributed by atoms with Gasteiger partial charge in [0.15, 0.2) is 11.5 Å². The van der Waals surface area contributed by atoms with Gasteiger partial charge in [-0.05, 0) is 24.9 Å². The van der Waals surface area contributed by atoms with E-state index in [2.05, 4.69) is 10.6 Å². The van der Waals surface area contributed by atoms with Crippen molar-refractivity contribution in [2.24, 2.45) is 5.92 Å². The van der Waals surface area contributed by atoms with E-state index in [0.29, 0.717) is 37.6 Å². The molecule has 1 fully saturated rings. The maximum Gasteiger partial charge on any atom is 0.401 e. The minimum atomic E-state index is -4.18. The molecule has 0 radical (unpaired) electrons. The van der Waals surface area contributed by atoms with Crippen LogP contribution >= 0.6 is 0 Å². The van der Waals surface area contributed by atoms with E-state index in [4.69, 9.17) is 9.47 Å². The smallest absolute Gasteiger partial charge is 0.401 e. The Morgan fingerprint density at radius 3 is 2.92 bits per heavy atom. The highest BCUT2D eigenvalue weighted by atomic mass is 19.4. The van der Waals surface area contributed by atoms with Crippen LogP contribution in [0.4, 0.5) is 18.0 Å². The number of halogens is 3. The van der Waals surface area contributed by atoms with Crippen molar-refractivity contribution in [3.63, 3.8) is 0 Å². The Bertz CT molecular complexity index is 624. The molecule has 0 aromatic heterocycles. The number of ether oxygens (including phenoxy) is 2. The molecular weight excluding hydrogens is 339 g/mol. The summed E-state index contributed by atoms with van der Waals surface area (Å²) in [6.45, 7) is 0.652. The van der Waals surface area contributed by atoms with Crippen LogP contribution < -0.4 is 20.1 Å². The molecule has 25 heavy (non-hydrogen) atoms. The molecular formula is C16H20F3N3O3. The van der Waals surface area contributed by atoms with Crippen molar-refractivity contribution >= 4 is 6.03 Å². The molecule has 0 unspecified atom stereocenters. The van der Waals surface area contributed by atoms with Gasteiger partial charge < -0.3 is 20.1 Å². The Kier molecular flexibility index (Phi) is 5.22. The van der Waals surface area contributed by atoms with Gasteiger partial charge in [-0.25, -0.2) is 4.79 Å². The van der Waals surface area contributed by atoms with Gasteiger partial charge in [0.1, 0.15) is 0 Å². The van der Waals surface area contributed by atoms with Crippen LogP contribution in [-0.4, -0.2) is 50.1 Å². The fourth-order valence-electron chi connectivity index (χ4n) is 3.08. The molecule has 6 nitrogen and oxygen atoms in total. The predicted molar refractivity (Wildman–Crippen MR) is 83.4 cm³/mol. The number of carbonyl (C=O) groups is 1.